The maximum absolute atomic E-state index is 12.8. The summed E-state index contributed by atoms with van der Waals surface area (Å²) in [6.07, 6.45) is 0.0638. The van der Waals surface area contributed by atoms with E-state index in [4.69, 9.17) is 0 Å². The lowest BCUT2D eigenvalue weighted by Gasteiger charge is -2.49. The van der Waals surface area contributed by atoms with Crippen LogP contribution in [0.15, 0.2) is 60.8 Å². The maximum atomic E-state index is 12.8. The first kappa shape index (κ1) is 22.1. The number of β-lactam (4-membered cyclic amide) rings is 1. The highest BCUT2D eigenvalue weighted by Gasteiger charge is 2.54. The average molecular weight is 518 g/mol. The molecule has 0 spiro atoms. The number of fused-ring (bicyclic) bond motifs is 2. The predicted molar refractivity (Wildman–Crippen MR) is 129 cm³/mol. The van der Waals surface area contributed by atoms with Gasteiger partial charge in [-0.25, -0.2) is 9.78 Å². The second kappa shape index (κ2) is 8.93. The molecule has 2 aromatic heterocycles. The Morgan fingerprint density at radius 2 is 2.09 bits per heavy atom. The molecule has 1 unspecified atom stereocenters. The Morgan fingerprint density at radius 1 is 1.27 bits per heavy atom. The Hall–Kier alpha value is -2.67. The van der Waals surface area contributed by atoms with Gasteiger partial charge in [-0.3, -0.25) is 19.3 Å². The number of thioether (sulfide) groups is 2. The number of hydrogen-bond donors (Lipinski definition) is 2. The van der Waals surface area contributed by atoms with E-state index in [0.717, 1.165) is 4.70 Å². The fourth-order valence-corrected chi connectivity index (χ4v) is 8.07. The Kier molecular flexibility index (Phi) is 5.99. The molecule has 0 bridgehead atoms. The Morgan fingerprint density at radius 3 is 2.85 bits per heavy atom. The fraction of sp³-hybridized carbons (Fsp3) is 0.190. The third-order valence-electron chi connectivity index (χ3n) is 5.11. The van der Waals surface area contributed by atoms with E-state index in [1.54, 1.807) is 23.0 Å². The third-order valence-corrected chi connectivity index (χ3v) is 9.51. The van der Waals surface area contributed by atoms with Gasteiger partial charge in [0.15, 0.2) is 5.43 Å². The van der Waals surface area contributed by atoms with E-state index in [-0.39, 0.29) is 23.5 Å². The Labute approximate surface area is 203 Å². The molecule has 5 rings (SSSR count). The van der Waals surface area contributed by atoms with Crippen molar-refractivity contribution in [1.82, 2.24) is 15.2 Å². The van der Waals surface area contributed by atoms with Crippen LogP contribution in [0, 0.1) is 0 Å². The standard InChI is InChI=1S/C21H15N3O5S4/c25-12-6-16(32-13-4-2-1-3-11(12)13)33-14-8-31-20-17(19(27)24(20)18(14)21(28)29)23-15(26)5-10-7-30-9-22-10/h1-4,6-7,9,17,20H,5,8H2,(H,23,26)(H,28,29)/t17?,20-/m1/s1. The molecule has 1 saturated heterocycles. The predicted octanol–water partition coefficient (Wildman–Crippen LogP) is 2.75. The number of carbonyl (C=O) groups is 3. The minimum absolute atomic E-state index is 0.0638. The summed E-state index contributed by atoms with van der Waals surface area (Å²) < 4.78 is 1.47. The molecular weight excluding hydrogens is 503 g/mol. The van der Waals surface area contributed by atoms with Crippen molar-refractivity contribution in [2.45, 2.75) is 22.0 Å². The van der Waals surface area contributed by atoms with Gasteiger partial charge in [0.2, 0.25) is 5.91 Å². The molecule has 0 radical (unpaired) electrons. The van der Waals surface area contributed by atoms with Gasteiger partial charge < -0.3 is 10.4 Å². The molecule has 4 heterocycles. The van der Waals surface area contributed by atoms with Crippen molar-refractivity contribution in [2.75, 3.05) is 5.75 Å². The van der Waals surface area contributed by atoms with Crippen LogP contribution in [0.1, 0.15) is 5.69 Å². The lowest BCUT2D eigenvalue weighted by molar-refractivity contribution is -0.150. The SMILES string of the molecule is O=C(Cc1cscn1)NC1C(=O)N2C(C(=O)O)=C(Sc3cc(=O)c4ccccc4s3)CS[C@H]12. The second-order valence-corrected chi connectivity index (χ2v) is 11.5. The monoisotopic (exact) mass is 517 g/mol. The first-order valence-electron chi connectivity index (χ1n) is 9.70. The molecule has 2 aliphatic heterocycles. The molecule has 168 valence electrons. The first-order chi connectivity index (χ1) is 15.9. The van der Waals surface area contributed by atoms with Crippen molar-refractivity contribution in [3.05, 3.63) is 67.7 Å². The lowest BCUT2D eigenvalue weighted by atomic mass is 10.0. The van der Waals surface area contributed by atoms with Crippen molar-refractivity contribution in [3.63, 3.8) is 0 Å². The summed E-state index contributed by atoms with van der Waals surface area (Å²) in [7, 11) is 0. The Bertz CT molecular complexity index is 1370. The molecule has 2 atom stereocenters. The van der Waals surface area contributed by atoms with Crippen LogP contribution in [-0.4, -0.2) is 49.9 Å². The number of carboxylic acids is 1. The molecule has 3 aromatic rings. The summed E-state index contributed by atoms with van der Waals surface area (Å²) in [5, 5.41) is 14.5. The van der Waals surface area contributed by atoms with Gasteiger partial charge in [-0.05, 0) is 12.1 Å². The zero-order valence-electron chi connectivity index (χ0n) is 16.7. The number of rotatable bonds is 6. The minimum Gasteiger partial charge on any atom is -0.477 e. The van der Waals surface area contributed by atoms with E-state index in [0.29, 0.717) is 25.9 Å². The number of nitrogens with zero attached hydrogens (tertiary/aromatic N) is 2. The van der Waals surface area contributed by atoms with Gasteiger partial charge in [0.25, 0.3) is 5.91 Å². The molecule has 33 heavy (non-hydrogen) atoms. The molecule has 1 aromatic carbocycles. The largest absolute Gasteiger partial charge is 0.477 e. The zero-order valence-corrected chi connectivity index (χ0v) is 20.0. The van der Waals surface area contributed by atoms with Crippen molar-refractivity contribution in [3.8, 4) is 0 Å². The van der Waals surface area contributed by atoms with Crippen molar-refractivity contribution < 1.29 is 19.5 Å². The number of hydrogen-bond acceptors (Lipinski definition) is 9. The highest BCUT2D eigenvalue weighted by atomic mass is 32.2. The molecule has 2 aliphatic rings. The molecule has 8 nitrogen and oxygen atoms in total. The third kappa shape index (κ3) is 4.19. The van der Waals surface area contributed by atoms with Crippen molar-refractivity contribution >= 4 is 74.1 Å². The summed E-state index contributed by atoms with van der Waals surface area (Å²) in [4.78, 5) is 55.4. The number of aromatic nitrogens is 1. The van der Waals surface area contributed by atoms with Gasteiger partial charge in [0, 0.05) is 32.2 Å². The first-order valence-corrected chi connectivity index (χ1v) is 13.3. The van der Waals surface area contributed by atoms with Crippen LogP contribution in [0.5, 0.6) is 0 Å². The summed E-state index contributed by atoms with van der Waals surface area (Å²) in [5.74, 6) is -1.65. The quantitative estimate of drug-likeness (QED) is 0.480. The Balaban J connectivity index is 1.37. The van der Waals surface area contributed by atoms with Crippen LogP contribution >= 0.6 is 46.2 Å². The molecule has 0 aliphatic carbocycles. The van der Waals surface area contributed by atoms with Gasteiger partial charge in [-0.15, -0.1) is 34.4 Å². The van der Waals surface area contributed by atoms with Crippen molar-refractivity contribution in [2.24, 2.45) is 0 Å². The van der Waals surface area contributed by atoms with Gasteiger partial charge in [-0.1, -0.05) is 23.9 Å². The van der Waals surface area contributed by atoms with Crippen LogP contribution in [0.25, 0.3) is 10.1 Å². The van der Waals surface area contributed by atoms with Gasteiger partial charge in [0.05, 0.1) is 21.8 Å². The second-order valence-electron chi connectivity index (χ2n) is 7.22. The highest BCUT2D eigenvalue weighted by molar-refractivity contribution is 8.07. The number of benzene rings is 1. The van der Waals surface area contributed by atoms with Crippen LogP contribution in [0.3, 0.4) is 0 Å². The average Bonchev–Trinajstić information content (AvgIpc) is 3.30. The van der Waals surface area contributed by atoms with E-state index in [1.165, 1.54) is 57.2 Å². The molecule has 0 saturated carbocycles. The summed E-state index contributed by atoms with van der Waals surface area (Å²) in [6.45, 7) is 0. The van der Waals surface area contributed by atoms with Crippen LogP contribution < -0.4 is 10.7 Å². The number of thiazole rings is 1. The summed E-state index contributed by atoms with van der Waals surface area (Å²) in [6, 6.07) is 7.97. The van der Waals surface area contributed by atoms with Gasteiger partial charge in [0.1, 0.15) is 17.1 Å². The van der Waals surface area contributed by atoms with E-state index >= 15 is 0 Å². The van der Waals surface area contributed by atoms with E-state index in [2.05, 4.69) is 10.3 Å². The fourth-order valence-electron chi connectivity index (χ4n) is 3.64. The van der Waals surface area contributed by atoms with Gasteiger partial charge >= 0.3 is 5.97 Å². The lowest BCUT2D eigenvalue weighted by Crippen LogP contribution is -2.70. The van der Waals surface area contributed by atoms with Gasteiger partial charge in [-0.2, -0.15) is 0 Å². The minimum atomic E-state index is -1.21. The van der Waals surface area contributed by atoms with Crippen molar-refractivity contribution in [1.29, 1.82) is 0 Å². The number of nitrogens with one attached hydrogen (secondary N) is 1. The smallest absolute Gasteiger partial charge is 0.353 e. The molecule has 2 N–H and O–H groups in total. The van der Waals surface area contributed by atoms with Crippen LogP contribution in [0.2, 0.25) is 0 Å². The maximum Gasteiger partial charge on any atom is 0.353 e. The highest BCUT2D eigenvalue weighted by Crippen LogP contribution is 2.46. The topological polar surface area (TPSA) is 117 Å². The zero-order chi connectivity index (χ0) is 23.1. The van der Waals surface area contributed by atoms with Crippen LogP contribution in [0.4, 0.5) is 0 Å². The molecule has 1 fully saturated rings. The molecule has 12 heteroatoms. The van der Waals surface area contributed by atoms with E-state index in [1.807, 2.05) is 12.1 Å². The number of amides is 2. The van der Waals surface area contributed by atoms with E-state index < -0.39 is 23.3 Å². The number of aliphatic carboxylic acids is 1. The normalized spacial score (nSPS) is 19.9. The molecular formula is C21H15N3O5S4. The molecule has 2 amide bonds. The van der Waals surface area contributed by atoms with Crippen LogP contribution in [-0.2, 0) is 20.8 Å². The number of carbonyl (C=O) groups excluding carboxylic acids is 2. The summed E-state index contributed by atoms with van der Waals surface area (Å²) >= 11 is 5.37. The van der Waals surface area contributed by atoms with E-state index in [9.17, 15) is 24.3 Å². The number of carboxylic acid groups (broad SMARTS) is 1. The summed E-state index contributed by atoms with van der Waals surface area (Å²) in [5.41, 5.74) is 2.03.